The summed E-state index contributed by atoms with van der Waals surface area (Å²) in [5.41, 5.74) is 0. The molecule has 0 aromatic rings. The zero-order valence-electron chi connectivity index (χ0n) is 12.2. The highest BCUT2D eigenvalue weighted by atomic mass is 35.5. The summed E-state index contributed by atoms with van der Waals surface area (Å²) in [5.74, 6) is 4.36. The largest absolute Gasteiger partial charge is 0.305 e. The van der Waals surface area contributed by atoms with Crippen LogP contribution in [0.3, 0.4) is 0 Å². The summed E-state index contributed by atoms with van der Waals surface area (Å²) in [6, 6.07) is 0. The van der Waals surface area contributed by atoms with E-state index >= 15 is 0 Å². The van der Waals surface area contributed by atoms with E-state index in [0.29, 0.717) is 32.2 Å². The molecule has 0 aromatic carbocycles. The Kier molecular flexibility index (Phi) is 10.2. The molecule has 0 N–H and O–H groups in total. The third-order valence-corrected chi connectivity index (χ3v) is 3.18. The van der Waals surface area contributed by atoms with E-state index in [1.165, 1.54) is 0 Å². The SMILES string of the molecule is C#CCCC(=O)C1CN(C)CCC1=O.C#CCCC(=O)Cl. The normalized spacial score (nSPS) is 17.9. The molecule has 21 heavy (non-hydrogen) atoms. The molecule has 0 radical (unpaired) electrons. The van der Waals surface area contributed by atoms with Crippen molar-refractivity contribution in [1.82, 2.24) is 4.90 Å². The van der Waals surface area contributed by atoms with Crippen LogP contribution in [0.4, 0.5) is 0 Å². The van der Waals surface area contributed by atoms with Crippen molar-refractivity contribution < 1.29 is 14.4 Å². The summed E-state index contributed by atoms with van der Waals surface area (Å²) in [4.78, 5) is 34.9. The van der Waals surface area contributed by atoms with Crippen LogP contribution in [-0.4, -0.2) is 41.8 Å². The third-order valence-electron chi connectivity index (χ3n) is 2.99. The molecule has 0 amide bonds. The molecule has 4 nitrogen and oxygen atoms in total. The minimum absolute atomic E-state index is 0.000463. The Bertz CT molecular complexity index is 459. The van der Waals surface area contributed by atoms with Gasteiger partial charge in [0.1, 0.15) is 11.6 Å². The summed E-state index contributed by atoms with van der Waals surface area (Å²) in [6.07, 6.45) is 11.9. The fraction of sp³-hybridized carbons (Fsp3) is 0.562. The lowest BCUT2D eigenvalue weighted by Gasteiger charge is -2.27. The van der Waals surface area contributed by atoms with Gasteiger partial charge in [-0.2, -0.15) is 0 Å². The van der Waals surface area contributed by atoms with Gasteiger partial charge in [-0.25, -0.2) is 0 Å². The second kappa shape index (κ2) is 11.1. The standard InChI is InChI=1S/C11H15NO2.C5H5ClO/c1-3-4-5-10(13)9-8-12(2)7-6-11(9)14;1-2-3-4-5(6)7/h1,9H,4-8H2,2H3;1H,3-4H2. The summed E-state index contributed by atoms with van der Waals surface area (Å²) in [6.45, 7) is 1.32. The highest BCUT2D eigenvalue weighted by Crippen LogP contribution is 2.14. The Labute approximate surface area is 131 Å². The molecule has 114 valence electrons. The van der Waals surface area contributed by atoms with Crippen molar-refractivity contribution in [3.63, 3.8) is 0 Å². The van der Waals surface area contributed by atoms with Crippen molar-refractivity contribution in [3.8, 4) is 24.7 Å². The average molecular weight is 310 g/mol. The Morgan fingerprint density at radius 2 is 1.86 bits per heavy atom. The van der Waals surface area contributed by atoms with Gasteiger partial charge in [-0.3, -0.25) is 14.4 Å². The average Bonchev–Trinajstić information content (AvgIpc) is 2.45. The highest BCUT2D eigenvalue weighted by molar-refractivity contribution is 6.63. The number of hydrogen-bond acceptors (Lipinski definition) is 4. The number of terminal acetylenes is 2. The lowest BCUT2D eigenvalue weighted by atomic mass is 9.90. The number of nitrogens with zero attached hydrogens (tertiary/aromatic N) is 1. The molecule has 1 saturated heterocycles. The molecule has 1 heterocycles. The Hall–Kier alpha value is -1.62. The number of Topliss-reactive ketones (excluding diaryl/α,β-unsaturated/α-hetero) is 2. The zero-order valence-corrected chi connectivity index (χ0v) is 13.0. The van der Waals surface area contributed by atoms with Crippen LogP contribution in [0.15, 0.2) is 0 Å². The van der Waals surface area contributed by atoms with E-state index in [-0.39, 0.29) is 23.2 Å². The molecular weight excluding hydrogens is 290 g/mol. The van der Waals surface area contributed by atoms with Crippen LogP contribution in [0.25, 0.3) is 0 Å². The first kappa shape index (κ1) is 19.4. The molecule has 1 unspecified atom stereocenters. The molecular formula is C16H20ClNO3. The van der Waals surface area contributed by atoms with Crippen LogP contribution >= 0.6 is 11.6 Å². The predicted octanol–water partition coefficient (Wildman–Crippen LogP) is 1.65. The number of carbonyl (C=O) groups excluding carboxylic acids is 3. The smallest absolute Gasteiger partial charge is 0.222 e. The quantitative estimate of drug-likeness (QED) is 0.440. The fourth-order valence-corrected chi connectivity index (χ4v) is 1.90. The van der Waals surface area contributed by atoms with Crippen molar-refractivity contribution >= 4 is 28.4 Å². The van der Waals surface area contributed by atoms with E-state index in [1.54, 1.807) is 0 Å². The second-order valence-corrected chi connectivity index (χ2v) is 5.18. The summed E-state index contributed by atoms with van der Waals surface area (Å²) < 4.78 is 0. The minimum atomic E-state index is -0.429. The molecule has 5 heteroatoms. The summed E-state index contributed by atoms with van der Waals surface area (Å²) in [5, 5.41) is -0.363. The first-order valence-corrected chi connectivity index (χ1v) is 7.09. The van der Waals surface area contributed by atoms with E-state index in [2.05, 4.69) is 11.8 Å². The Morgan fingerprint density at radius 1 is 1.29 bits per heavy atom. The molecule has 0 bridgehead atoms. The molecule has 0 spiro atoms. The number of halogens is 1. The number of hydrogen-bond donors (Lipinski definition) is 0. The van der Waals surface area contributed by atoms with Crippen LogP contribution in [0.2, 0.25) is 0 Å². The van der Waals surface area contributed by atoms with Gasteiger partial charge in [0.05, 0.1) is 5.92 Å². The highest BCUT2D eigenvalue weighted by Gasteiger charge is 2.30. The van der Waals surface area contributed by atoms with Gasteiger partial charge < -0.3 is 4.90 Å². The van der Waals surface area contributed by atoms with Crippen molar-refractivity contribution in [2.24, 2.45) is 5.92 Å². The summed E-state index contributed by atoms with van der Waals surface area (Å²) >= 11 is 4.92. The van der Waals surface area contributed by atoms with E-state index in [1.807, 2.05) is 11.9 Å². The topological polar surface area (TPSA) is 54.5 Å². The maximum Gasteiger partial charge on any atom is 0.222 e. The molecule has 0 saturated carbocycles. The first-order chi connectivity index (χ1) is 9.92. The maximum absolute atomic E-state index is 11.6. The van der Waals surface area contributed by atoms with Crippen molar-refractivity contribution in [3.05, 3.63) is 0 Å². The molecule has 1 atom stereocenters. The van der Waals surface area contributed by atoms with Gasteiger partial charge in [0.15, 0.2) is 0 Å². The van der Waals surface area contributed by atoms with Gasteiger partial charge >= 0.3 is 0 Å². The van der Waals surface area contributed by atoms with E-state index in [4.69, 9.17) is 24.4 Å². The van der Waals surface area contributed by atoms with Crippen LogP contribution in [0.5, 0.6) is 0 Å². The minimum Gasteiger partial charge on any atom is -0.305 e. The Balaban J connectivity index is 0.000000486. The lowest BCUT2D eigenvalue weighted by molar-refractivity contribution is -0.135. The molecule has 1 aliphatic rings. The summed E-state index contributed by atoms with van der Waals surface area (Å²) in [7, 11) is 1.92. The number of piperidine rings is 1. The van der Waals surface area contributed by atoms with E-state index in [0.717, 1.165) is 6.54 Å². The first-order valence-electron chi connectivity index (χ1n) is 6.71. The van der Waals surface area contributed by atoms with E-state index < -0.39 is 5.92 Å². The number of carbonyl (C=O) groups is 3. The lowest BCUT2D eigenvalue weighted by Crippen LogP contribution is -2.42. The van der Waals surface area contributed by atoms with Gasteiger partial charge in [0.25, 0.3) is 0 Å². The fourth-order valence-electron chi connectivity index (χ4n) is 1.80. The number of likely N-dealkylation sites (tertiary alicyclic amines) is 1. The van der Waals surface area contributed by atoms with Gasteiger partial charge in [0.2, 0.25) is 5.24 Å². The van der Waals surface area contributed by atoms with Crippen LogP contribution in [0.1, 0.15) is 32.1 Å². The van der Waals surface area contributed by atoms with E-state index in [9.17, 15) is 14.4 Å². The monoisotopic (exact) mass is 309 g/mol. The van der Waals surface area contributed by atoms with Crippen LogP contribution in [0, 0.1) is 30.6 Å². The molecule has 1 fully saturated rings. The van der Waals surface area contributed by atoms with Gasteiger partial charge in [0, 0.05) is 45.2 Å². The van der Waals surface area contributed by atoms with Gasteiger partial charge in [-0.15, -0.1) is 24.7 Å². The molecule has 1 aliphatic heterocycles. The molecule has 0 aromatic heterocycles. The van der Waals surface area contributed by atoms with Crippen LogP contribution < -0.4 is 0 Å². The number of ketones is 2. The van der Waals surface area contributed by atoms with Gasteiger partial charge in [-0.1, -0.05) is 0 Å². The maximum atomic E-state index is 11.6. The Morgan fingerprint density at radius 3 is 2.33 bits per heavy atom. The second-order valence-electron chi connectivity index (χ2n) is 4.76. The third kappa shape index (κ3) is 9.02. The molecule has 1 rings (SSSR count). The van der Waals surface area contributed by atoms with Crippen molar-refractivity contribution in [1.29, 1.82) is 0 Å². The van der Waals surface area contributed by atoms with Gasteiger partial charge in [-0.05, 0) is 18.6 Å². The molecule has 0 aliphatic carbocycles. The predicted molar refractivity (Wildman–Crippen MR) is 82.6 cm³/mol. The van der Waals surface area contributed by atoms with Crippen molar-refractivity contribution in [2.75, 3.05) is 20.1 Å². The van der Waals surface area contributed by atoms with Crippen molar-refractivity contribution in [2.45, 2.75) is 32.1 Å². The number of rotatable bonds is 5. The zero-order chi connectivity index (χ0) is 16.3. The van der Waals surface area contributed by atoms with Crippen LogP contribution in [-0.2, 0) is 14.4 Å².